The van der Waals surface area contributed by atoms with Crippen LogP contribution in [0, 0.1) is 5.41 Å². The SMILES string of the molecule is CCCCS(=O)(=O)N(C)CC1(CN)CC1. The standard InChI is InChI=1S/C10H22N2O2S/c1-3-4-7-15(13,14)12(2)9-10(8-11)5-6-10/h3-9,11H2,1-2H3. The summed E-state index contributed by atoms with van der Waals surface area (Å²) in [7, 11) is -1.38. The first-order chi connectivity index (χ1) is 6.96. The molecular formula is C10H22N2O2S. The third-order valence-corrected chi connectivity index (χ3v) is 5.06. The fourth-order valence-electron chi connectivity index (χ4n) is 1.66. The van der Waals surface area contributed by atoms with Crippen molar-refractivity contribution in [3.63, 3.8) is 0 Å². The van der Waals surface area contributed by atoms with E-state index in [1.54, 1.807) is 7.05 Å². The van der Waals surface area contributed by atoms with Crippen LogP contribution in [0.3, 0.4) is 0 Å². The van der Waals surface area contributed by atoms with Crippen molar-refractivity contribution in [1.29, 1.82) is 0 Å². The summed E-state index contributed by atoms with van der Waals surface area (Å²) in [5, 5.41) is 0. The Bertz CT molecular complexity index is 297. The Morgan fingerprint density at radius 2 is 2.00 bits per heavy atom. The molecule has 0 aliphatic heterocycles. The predicted molar refractivity (Wildman–Crippen MR) is 62.0 cm³/mol. The number of hydrogen-bond donors (Lipinski definition) is 1. The van der Waals surface area contributed by atoms with Gasteiger partial charge in [-0.25, -0.2) is 12.7 Å². The lowest BCUT2D eigenvalue weighted by molar-refractivity contribution is 0.371. The topological polar surface area (TPSA) is 63.4 Å². The van der Waals surface area contributed by atoms with Crippen molar-refractivity contribution in [1.82, 2.24) is 4.31 Å². The van der Waals surface area contributed by atoms with Crippen LogP contribution in [0.25, 0.3) is 0 Å². The molecule has 1 aliphatic rings. The minimum atomic E-state index is -3.05. The molecule has 15 heavy (non-hydrogen) atoms. The Kier molecular flexibility index (Phi) is 4.14. The first kappa shape index (κ1) is 12.9. The second-order valence-electron chi connectivity index (χ2n) is 4.63. The maximum absolute atomic E-state index is 11.8. The highest BCUT2D eigenvalue weighted by atomic mass is 32.2. The maximum Gasteiger partial charge on any atom is 0.213 e. The zero-order chi connectivity index (χ0) is 11.5. The lowest BCUT2D eigenvalue weighted by Crippen LogP contribution is -2.37. The van der Waals surface area contributed by atoms with Crippen LogP contribution in [-0.4, -0.2) is 38.6 Å². The molecule has 5 heteroatoms. The van der Waals surface area contributed by atoms with Gasteiger partial charge < -0.3 is 5.73 Å². The minimum absolute atomic E-state index is 0.0913. The molecule has 1 aliphatic carbocycles. The molecule has 0 aromatic heterocycles. The van der Waals surface area contributed by atoms with E-state index in [1.165, 1.54) is 4.31 Å². The van der Waals surface area contributed by atoms with Crippen LogP contribution < -0.4 is 5.73 Å². The molecule has 1 saturated carbocycles. The Balaban J connectivity index is 2.48. The number of hydrogen-bond acceptors (Lipinski definition) is 3. The highest BCUT2D eigenvalue weighted by molar-refractivity contribution is 7.89. The zero-order valence-electron chi connectivity index (χ0n) is 9.70. The van der Waals surface area contributed by atoms with Gasteiger partial charge in [-0.1, -0.05) is 13.3 Å². The normalized spacial score (nSPS) is 19.5. The average molecular weight is 234 g/mol. The molecule has 1 fully saturated rings. The molecule has 0 aromatic carbocycles. The van der Waals surface area contributed by atoms with Gasteiger partial charge in [-0.05, 0) is 31.2 Å². The first-order valence-corrected chi connectivity index (χ1v) is 7.21. The lowest BCUT2D eigenvalue weighted by atomic mass is 10.1. The molecule has 90 valence electrons. The van der Waals surface area contributed by atoms with E-state index >= 15 is 0 Å². The summed E-state index contributed by atoms with van der Waals surface area (Å²) in [6.07, 6.45) is 3.78. The Morgan fingerprint density at radius 1 is 1.40 bits per heavy atom. The van der Waals surface area contributed by atoms with Crippen LogP contribution in [0.5, 0.6) is 0 Å². The lowest BCUT2D eigenvalue weighted by Gasteiger charge is -2.22. The van der Waals surface area contributed by atoms with E-state index in [9.17, 15) is 8.42 Å². The van der Waals surface area contributed by atoms with Gasteiger partial charge in [-0.15, -0.1) is 0 Å². The van der Waals surface area contributed by atoms with Crippen molar-refractivity contribution >= 4 is 10.0 Å². The van der Waals surface area contributed by atoms with Gasteiger partial charge in [0.15, 0.2) is 0 Å². The van der Waals surface area contributed by atoms with Crippen molar-refractivity contribution in [2.75, 3.05) is 25.9 Å². The number of unbranched alkanes of at least 4 members (excludes halogenated alkanes) is 1. The largest absolute Gasteiger partial charge is 0.330 e. The third kappa shape index (κ3) is 3.43. The second kappa shape index (κ2) is 4.80. The van der Waals surface area contributed by atoms with Crippen LogP contribution >= 0.6 is 0 Å². The van der Waals surface area contributed by atoms with E-state index in [0.717, 1.165) is 25.7 Å². The molecule has 0 aromatic rings. The summed E-state index contributed by atoms with van der Waals surface area (Å²) in [6.45, 7) is 3.19. The number of nitrogens with zero attached hydrogens (tertiary/aromatic N) is 1. The zero-order valence-corrected chi connectivity index (χ0v) is 10.5. The Hall–Kier alpha value is -0.130. The van der Waals surface area contributed by atoms with E-state index < -0.39 is 10.0 Å². The highest BCUT2D eigenvalue weighted by Gasteiger charge is 2.43. The van der Waals surface area contributed by atoms with Crippen molar-refractivity contribution in [2.24, 2.45) is 11.1 Å². The molecule has 4 nitrogen and oxygen atoms in total. The van der Waals surface area contributed by atoms with Crippen LogP contribution in [0.2, 0.25) is 0 Å². The van der Waals surface area contributed by atoms with Crippen molar-refractivity contribution in [2.45, 2.75) is 32.6 Å². The van der Waals surface area contributed by atoms with Crippen molar-refractivity contribution in [3.05, 3.63) is 0 Å². The fraction of sp³-hybridized carbons (Fsp3) is 1.00. The van der Waals surface area contributed by atoms with Gasteiger partial charge in [-0.3, -0.25) is 0 Å². The predicted octanol–water partition coefficient (Wildman–Crippen LogP) is 0.787. The number of rotatable bonds is 7. The molecule has 0 saturated heterocycles. The third-order valence-electron chi connectivity index (χ3n) is 3.18. The molecule has 0 spiro atoms. The highest BCUT2D eigenvalue weighted by Crippen LogP contribution is 2.45. The Labute approximate surface area is 92.9 Å². The van der Waals surface area contributed by atoms with E-state index in [-0.39, 0.29) is 11.2 Å². The molecule has 2 N–H and O–H groups in total. The minimum Gasteiger partial charge on any atom is -0.330 e. The monoisotopic (exact) mass is 234 g/mol. The molecule has 0 heterocycles. The van der Waals surface area contributed by atoms with Gasteiger partial charge in [0.2, 0.25) is 10.0 Å². The van der Waals surface area contributed by atoms with Crippen LogP contribution in [0.1, 0.15) is 32.6 Å². The summed E-state index contributed by atoms with van der Waals surface area (Å²) in [5.41, 5.74) is 5.73. The summed E-state index contributed by atoms with van der Waals surface area (Å²) in [5.74, 6) is 0.265. The van der Waals surface area contributed by atoms with Crippen LogP contribution in [0.15, 0.2) is 0 Å². The average Bonchev–Trinajstić information content (AvgIpc) is 2.95. The van der Waals surface area contributed by atoms with Crippen LogP contribution in [0.4, 0.5) is 0 Å². The molecule has 0 atom stereocenters. The van der Waals surface area contributed by atoms with Gasteiger partial charge in [0.05, 0.1) is 5.75 Å². The van der Waals surface area contributed by atoms with E-state index in [4.69, 9.17) is 5.73 Å². The summed E-state index contributed by atoms with van der Waals surface area (Å²) < 4.78 is 25.1. The van der Waals surface area contributed by atoms with Crippen molar-refractivity contribution in [3.8, 4) is 0 Å². The van der Waals surface area contributed by atoms with Crippen LogP contribution in [-0.2, 0) is 10.0 Å². The smallest absolute Gasteiger partial charge is 0.213 e. The van der Waals surface area contributed by atoms with E-state index in [1.807, 2.05) is 6.92 Å². The van der Waals surface area contributed by atoms with E-state index in [0.29, 0.717) is 13.1 Å². The van der Waals surface area contributed by atoms with Gasteiger partial charge in [0, 0.05) is 13.6 Å². The molecule has 0 bridgehead atoms. The molecule has 0 unspecified atom stereocenters. The number of nitrogens with two attached hydrogens (primary N) is 1. The quantitative estimate of drug-likeness (QED) is 0.708. The maximum atomic E-state index is 11.8. The van der Waals surface area contributed by atoms with Gasteiger partial charge in [0.25, 0.3) is 0 Å². The van der Waals surface area contributed by atoms with Crippen molar-refractivity contribution < 1.29 is 8.42 Å². The summed E-state index contributed by atoms with van der Waals surface area (Å²) in [6, 6.07) is 0. The van der Waals surface area contributed by atoms with E-state index in [2.05, 4.69) is 0 Å². The molecular weight excluding hydrogens is 212 g/mol. The number of sulfonamides is 1. The molecule has 0 radical (unpaired) electrons. The first-order valence-electron chi connectivity index (χ1n) is 5.60. The fourth-order valence-corrected chi connectivity index (χ4v) is 3.09. The second-order valence-corrected chi connectivity index (χ2v) is 6.83. The summed E-state index contributed by atoms with van der Waals surface area (Å²) in [4.78, 5) is 0. The van der Waals surface area contributed by atoms with Gasteiger partial charge in [0.1, 0.15) is 0 Å². The summed E-state index contributed by atoms with van der Waals surface area (Å²) >= 11 is 0. The molecule has 0 amide bonds. The van der Waals surface area contributed by atoms with Gasteiger partial charge in [-0.2, -0.15) is 0 Å². The van der Waals surface area contributed by atoms with Gasteiger partial charge >= 0.3 is 0 Å². The Morgan fingerprint density at radius 3 is 2.40 bits per heavy atom. The molecule has 1 rings (SSSR count).